The van der Waals surface area contributed by atoms with Crippen LogP contribution in [-0.2, 0) is 0 Å². The van der Waals surface area contributed by atoms with Crippen LogP contribution < -0.4 is 5.84 Å². The van der Waals surface area contributed by atoms with Gasteiger partial charge in [0.1, 0.15) is 5.76 Å². The van der Waals surface area contributed by atoms with Crippen LogP contribution in [0.25, 0.3) is 11.4 Å². The summed E-state index contributed by atoms with van der Waals surface area (Å²) in [5.41, 5.74) is 0.804. The summed E-state index contributed by atoms with van der Waals surface area (Å²) in [5.74, 6) is 7.38. The van der Waals surface area contributed by atoms with Crippen LogP contribution in [0, 0.1) is 18.3 Å². The maximum Gasteiger partial charge on any atom is 0.211 e. The van der Waals surface area contributed by atoms with Gasteiger partial charge in [-0.2, -0.15) is 5.26 Å². The van der Waals surface area contributed by atoms with E-state index in [1.54, 1.807) is 12.3 Å². The van der Waals surface area contributed by atoms with E-state index in [1.165, 1.54) is 16.4 Å². The standard InChI is InChI=1S/C9H9N5OS/c1-6-7(2-4-15-6)8-12-13-9(14(8)11)16-5-3-10/h2,4H,5,11H2,1H3. The van der Waals surface area contributed by atoms with Gasteiger partial charge < -0.3 is 10.3 Å². The molecule has 0 unspecified atom stereocenters. The summed E-state index contributed by atoms with van der Waals surface area (Å²) in [5, 5.41) is 16.9. The zero-order valence-electron chi connectivity index (χ0n) is 8.54. The number of aryl methyl sites for hydroxylation is 1. The Balaban J connectivity index is 2.34. The summed E-state index contributed by atoms with van der Waals surface area (Å²) in [6, 6.07) is 3.79. The molecule has 0 spiro atoms. The third kappa shape index (κ3) is 1.75. The average molecular weight is 235 g/mol. The highest BCUT2D eigenvalue weighted by atomic mass is 32.2. The summed E-state index contributed by atoms with van der Waals surface area (Å²) in [6.07, 6.45) is 1.57. The van der Waals surface area contributed by atoms with Crippen molar-refractivity contribution in [2.75, 3.05) is 11.6 Å². The van der Waals surface area contributed by atoms with Crippen molar-refractivity contribution in [2.24, 2.45) is 0 Å². The lowest BCUT2D eigenvalue weighted by Crippen LogP contribution is -2.11. The van der Waals surface area contributed by atoms with Crippen LogP contribution in [0.1, 0.15) is 5.76 Å². The SMILES string of the molecule is Cc1occc1-c1nnc(SCC#N)n1N. The second-order valence-electron chi connectivity index (χ2n) is 3.01. The third-order valence-corrected chi connectivity index (χ3v) is 2.84. The largest absolute Gasteiger partial charge is 0.469 e. The number of aromatic nitrogens is 3. The zero-order valence-corrected chi connectivity index (χ0v) is 9.36. The summed E-state index contributed by atoms with van der Waals surface area (Å²) in [4.78, 5) is 0. The molecule has 0 saturated heterocycles. The van der Waals surface area contributed by atoms with Gasteiger partial charge in [-0.15, -0.1) is 10.2 Å². The van der Waals surface area contributed by atoms with E-state index >= 15 is 0 Å². The highest BCUT2D eigenvalue weighted by Gasteiger charge is 2.15. The monoisotopic (exact) mass is 235 g/mol. The van der Waals surface area contributed by atoms with Crippen LogP contribution in [0.5, 0.6) is 0 Å². The van der Waals surface area contributed by atoms with Gasteiger partial charge >= 0.3 is 0 Å². The molecule has 0 fully saturated rings. The average Bonchev–Trinajstić information content (AvgIpc) is 2.83. The maximum absolute atomic E-state index is 8.47. The Morgan fingerprint density at radius 3 is 3.06 bits per heavy atom. The Morgan fingerprint density at radius 1 is 1.62 bits per heavy atom. The fraction of sp³-hybridized carbons (Fsp3) is 0.222. The molecule has 0 aliphatic carbocycles. The molecule has 0 aliphatic heterocycles. The fourth-order valence-corrected chi connectivity index (χ4v) is 1.79. The van der Waals surface area contributed by atoms with Crippen LogP contribution in [0.15, 0.2) is 21.9 Å². The third-order valence-electron chi connectivity index (χ3n) is 2.03. The molecule has 2 aromatic heterocycles. The van der Waals surface area contributed by atoms with Crippen molar-refractivity contribution in [1.29, 1.82) is 5.26 Å². The number of nitrogens with two attached hydrogens (primary N) is 1. The molecule has 0 radical (unpaired) electrons. The van der Waals surface area contributed by atoms with Gasteiger partial charge in [-0.25, -0.2) is 4.68 Å². The number of nitrogen functional groups attached to an aromatic ring is 1. The minimum absolute atomic E-state index is 0.291. The van der Waals surface area contributed by atoms with Crippen molar-refractivity contribution in [1.82, 2.24) is 14.9 Å². The Labute approximate surface area is 96.0 Å². The van der Waals surface area contributed by atoms with E-state index < -0.39 is 0 Å². The van der Waals surface area contributed by atoms with Gasteiger partial charge in [0.2, 0.25) is 5.16 Å². The molecule has 2 aromatic rings. The van der Waals surface area contributed by atoms with Crippen LogP contribution in [-0.4, -0.2) is 20.6 Å². The molecule has 16 heavy (non-hydrogen) atoms. The summed E-state index contributed by atoms with van der Waals surface area (Å²) < 4.78 is 6.53. The van der Waals surface area contributed by atoms with Gasteiger partial charge in [-0.3, -0.25) is 0 Å². The lowest BCUT2D eigenvalue weighted by Gasteiger charge is -2.00. The van der Waals surface area contributed by atoms with Crippen LogP contribution >= 0.6 is 11.8 Å². The molecule has 0 aromatic carbocycles. The number of nitriles is 1. The molecule has 0 atom stereocenters. The van der Waals surface area contributed by atoms with Gasteiger partial charge in [0, 0.05) is 0 Å². The number of furan rings is 1. The molecule has 2 N–H and O–H groups in total. The van der Waals surface area contributed by atoms with E-state index in [4.69, 9.17) is 15.5 Å². The van der Waals surface area contributed by atoms with Crippen molar-refractivity contribution in [3.63, 3.8) is 0 Å². The van der Waals surface area contributed by atoms with Crippen LogP contribution in [0.3, 0.4) is 0 Å². The Bertz CT molecular complexity index is 538. The topological polar surface area (TPSA) is 93.7 Å². The van der Waals surface area contributed by atoms with Crippen molar-refractivity contribution >= 4 is 11.8 Å². The molecule has 0 saturated carbocycles. The van der Waals surface area contributed by atoms with Gasteiger partial charge in [-0.05, 0) is 13.0 Å². The fourth-order valence-electron chi connectivity index (χ4n) is 1.27. The predicted molar refractivity (Wildman–Crippen MR) is 58.9 cm³/mol. The van der Waals surface area contributed by atoms with E-state index in [9.17, 15) is 0 Å². The lowest BCUT2D eigenvalue weighted by molar-refractivity contribution is 0.535. The molecule has 7 heteroatoms. The van der Waals surface area contributed by atoms with Crippen LogP contribution in [0.4, 0.5) is 0 Å². The smallest absolute Gasteiger partial charge is 0.211 e. The number of rotatable bonds is 3. The van der Waals surface area contributed by atoms with Crippen molar-refractivity contribution in [3.05, 3.63) is 18.1 Å². The summed E-state index contributed by atoms with van der Waals surface area (Å²) >= 11 is 1.24. The van der Waals surface area contributed by atoms with E-state index in [-0.39, 0.29) is 0 Å². The second kappa shape index (κ2) is 4.28. The molecule has 2 heterocycles. The maximum atomic E-state index is 8.47. The Kier molecular flexibility index (Phi) is 2.83. The second-order valence-corrected chi connectivity index (χ2v) is 3.96. The molecule has 0 aliphatic rings. The first kappa shape index (κ1) is 10.6. The van der Waals surface area contributed by atoms with E-state index in [0.29, 0.717) is 16.7 Å². The minimum Gasteiger partial charge on any atom is -0.469 e. The number of hydrogen-bond donors (Lipinski definition) is 1. The first-order valence-corrected chi connectivity index (χ1v) is 5.47. The molecule has 6 nitrogen and oxygen atoms in total. The van der Waals surface area contributed by atoms with Gasteiger partial charge in [0.25, 0.3) is 0 Å². The molecular weight excluding hydrogens is 226 g/mol. The van der Waals surface area contributed by atoms with Crippen molar-refractivity contribution in [3.8, 4) is 17.5 Å². The predicted octanol–water partition coefficient (Wildman–Crippen LogP) is 1.18. The first-order valence-electron chi connectivity index (χ1n) is 4.48. The van der Waals surface area contributed by atoms with Crippen molar-refractivity contribution < 1.29 is 4.42 Å². The number of hydrogen-bond acceptors (Lipinski definition) is 6. The van der Waals surface area contributed by atoms with Gasteiger partial charge in [-0.1, -0.05) is 11.8 Å². The normalized spacial score (nSPS) is 10.2. The number of thioether (sulfide) groups is 1. The quantitative estimate of drug-likeness (QED) is 0.634. The summed E-state index contributed by atoms with van der Waals surface area (Å²) in [7, 11) is 0. The van der Waals surface area contributed by atoms with E-state index in [2.05, 4.69) is 10.2 Å². The highest BCUT2D eigenvalue weighted by Crippen LogP contribution is 2.24. The first-order chi connectivity index (χ1) is 7.74. The minimum atomic E-state index is 0.291. The van der Waals surface area contributed by atoms with Gasteiger partial charge in [0.05, 0.1) is 23.6 Å². The van der Waals surface area contributed by atoms with E-state index in [0.717, 1.165) is 11.3 Å². The Hall–Kier alpha value is -1.94. The zero-order chi connectivity index (χ0) is 11.5. The molecule has 0 amide bonds. The van der Waals surface area contributed by atoms with Gasteiger partial charge in [0.15, 0.2) is 5.82 Å². The molecule has 82 valence electrons. The van der Waals surface area contributed by atoms with E-state index in [1.807, 2.05) is 13.0 Å². The summed E-state index contributed by atoms with van der Waals surface area (Å²) in [6.45, 7) is 1.83. The lowest BCUT2D eigenvalue weighted by atomic mass is 10.2. The molecule has 2 rings (SSSR count). The molecule has 0 bridgehead atoms. The number of nitrogens with zero attached hydrogens (tertiary/aromatic N) is 4. The highest BCUT2D eigenvalue weighted by molar-refractivity contribution is 7.99. The molecular formula is C9H9N5OS. The van der Waals surface area contributed by atoms with Crippen molar-refractivity contribution in [2.45, 2.75) is 12.1 Å². The van der Waals surface area contributed by atoms with Crippen LogP contribution in [0.2, 0.25) is 0 Å². The Morgan fingerprint density at radius 2 is 2.44 bits per heavy atom.